The van der Waals surface area contributed by atoms with Gasteiger partial charge in [0.15, 0.2) is 0 Å². The average Bonchev–Trinajstić information content (AvgIpc) is 2.77. The van der Waals surface area contributed by atoms with Crippen LogP contribution in [0.5, 0.6) is 0 Å². The molecule has 2 atom stereocenters. The molecule has 4 nitrogen and oxygen atoms in total. The smallest absolute Gasteiger partial charge is 0.0610 e. The maximum absolute atomic E-state index is 9.66. The summed E-state index contributed by atoms with van der Waals surface area (Å²) in [7, 11) is 0. The minimum atomic E-state index is -0.126. The first-order valence-corrected chi connectivity index (χ1v) is 8.87. The lowest BCUT2D eigenvalue weighted by Gasteiger charge is -2.32. The Morgan fingerprint density at radius 2 is 2.00 bits per heavy atom. The fraction of sp³-hybridized carbons (Fsp3) is 1.00. The molecule has 0 spiro atoms. The van der Waals surface area contributed by atoms with Crippen molar-refractivity contribution in [2.24, 2.45) is 0 Å². The van der Waals surface area contributed by atoms with Gasteiger partial charge >= 0.3 is 0 Å². The molecule has 124 valence electrons. The maximum Gasteiger partial charge on any atom is 0.0610 e. The number of aliphatic hydroxyl groups is 1. The highest BCUT2D eigenvalue weighted by Crippen LogP contribution is 2.22. The van der Waals surface area contributed by atoms with Gasteiger partial charge in [0.05, 0.1) is 6.61 Å². The van der Waals surface area contributed by atoms with Crippen LogP contribution in [0, 0.1) is 0 Å². The first kappa shape index (κ1) is 17.2. The summed E-state index contributed by atoms with van der Waals surface area (Å²) in [4.78, 5) is 5.35. The van der Waals surface area contributed by atoms with Crippen LogP contribution in [0.4, 0.5) is 0 Å². The van der Waals surface area contributed by atoms with Gasteiger partial charge in [-0.05, 0) is 65.2 Å². The monoisotopic (exact) mass is 297 g/mol. The lowest BCUT2D eigenvalue weighted by Crippen LogP contribution is -2.49. The Labute approximate surface area is 130 Å². The van der Waals surface area contributed by atoms with Gasteiger partial charge in [-0.25, -0.2) is 0 Å². The number of nitrogens with zero attached hydrogens (tertiary/aromatic N) is 2. The fourth-order valence-corrected chi connectivity index (χ4v) is 4.07. The number of nitrogens with one attached hydrogen (secondary N) is 1. The van der Waals surface area contributed by atoms with Crippen molar-refractivity contribution in [3.63, 3.8) is 0 Å². The molecule has 2 aliphatic heterocycles. The van der Waals surface area contributed by atoms with Crippen LogP contribution in [0.1, 0.15) is 52.9 Å². The zero-order chi connectivity index (χ0) is 15.3. The van der Waals surface area contributed by atoms with E-state index in [1.54, 1.807) is 0 Å². The number of rotatable bonds is 7. The summed E-state index contributed by atoms with van der Waals surface area (Å²) >= 11 is 0. The number of fused-ring (bicyclic) bond motifs is 1. The molecular weight excluding hydrogens is 262 g/mol. The van der Waals surface area contributed by atoms with Crippen molar-refractivity contribution < 1.29 is 5.11 Å². The van der Waals surface area contributed by atoms with E-state index in [4.69, 9.17) is 0 Å². The summed E-state index contributed by atoms with van der Waals surface area (Å²) in [5.41, 5.74) is -0.126. The second-order valence-electron chi connectivity index (χ2n) is 7.61. The molecule has 0 amide bonds. The highest BCUT2D eigenvalue weighted by molar-refractivity contribution is 4.87. The van der Waals surface area contributed by atoms with Gasteiger partial charge in [-0.2, -0.15) is 0 Å². The lowest BCUT2D eigenvalue weighted by molar-refractivity contribution is 0.146. The second-order valence-corrected chi connectivity index (χ2v) is 7.61. The van der Waals surface area contributed by atoms with E-state index in [9.17, 15) is 5.11 Å². The first-order chi connectivity index (χ1) is 10.0. The predicted molar refractivity (Wildman–Crippen MR) is 88.6 cm³/mol. The Morgan fingerprint density at radius 3 is 2.71 bits per heavy atom. The zero-order valence-corrected chi connectivity index (χ0v) is 14.3. The van der Waals surface area contributed by atoms with Gasteiger partial charge in [0.25, 0.3) is 0 Å². The normalized spacial score (nSPS) is 27.6. The molecule has 2 aliphatic rings. The fourth-order valence-electron chi connectivity index (χ4n) is 4.07. The Kier molecular flexibility index (Phi) is 6.48. The summed E-state index contributed by atoms with van der Waals surface area (Å²) in [6.45, 7) is 13.0. The molecule has 21 heavy (non-hydrogen) atoms. The highest BCUT2D eigenvalue weighted by atomic mass is 16.3. The van der Waals surface area contributed by atoms with Gasteiger partial charge < -0.3 is 15.3 Å². The molecule has 0 aromatic carbocycles. The molecule has 0 aromatic rings. The highest BCUT2D eigenvalue weighted by Gasteiger charge is 2.29. The first-order valence-electron chi connectivity index (χ1n) is 8.87. The largest absolute Gasteiger partial charge is 0.394 e. The van der Waals surface area contributed by atoms with E-state index in [-0.39, 0.29) is 12.1 Å². The number of hydrogen-bond acceptors (Lipinski definition) is 4. The Hall–Kier alpha value is -0.160. The van der Waals surface area contributed by atoms with Crippen LogP contribution in [-0.4, -0.2) is 71.9 Å². The molecule has 2 saturated heterocycles. The predicted octanol–water partition coefficient (Wildman–Crippen LogP) is 1.69. The van der Waals surface area contributed by atoms with E-state index in [2.05, 4.69) is 35.9 Å². The summed E-state index contributed by atoms with van der Waals surface area (Å²) in [6, 6.07) is 1.23. The summed E-state index contributed by atoms with van der Waals surface area (Å²) in [6.07, 6.45) is 6.31. The van der Waals surface area contributed by atoms with Gasteiger partial charge in [-0.3, -0.25) is 4.90 Å². The molecule has 2 heterocycles. The van der Waals surface area contributed by atoms with Crippen molar-refractivity contribution in [2.45, 2.75) is 70.5 Å². The lowest BCUT2D eigenvalue weighted by atomic mass is 9.95. The molecule has 2 rings (SSSR count). The van der Waals surface area contributed by atoms with E-state index in [0.29, 0.717) is 6.04 Å². The van der Waals surface area contributed by atoms with Crippen LogP contribution in [0.3, 0.4) is 0 Å². The SMILES string of the molecule is CC(C)NC(C)(CO)CCCN1CCCN2CCCC2C1. The third-order valence-corrected chi connectivity index (χ3v) is 5.08. The molecule has 0 radical (unpaired) electrons. The molecule has 4 heteroatoms. The van der Waals surface area contributed by atoms with Crippen LogP contribution < -0.4 is 5.32 Å². The third-order valence-electron chi connectivity index (χ3n) is 5.08. The Bertz CT molecular complexity index is 310. The van der Waals surface area contributed by atoms with Crippen molar-refractivity contribution in [1.29, 1.82) is 0 Å². The van der Waals surface area contributed by atoms with Gasteiger partial charge in [0.2, 0.25) is 0 Å². The quantitative estimate of drug-likeness (QED) is 0.750. The topological polar surface area (TPSA) is 38.7 Å². The van der Waals surface area contributed by atoms with Crippen LogP contribution in [-0.2, 0) is 0 Å². The molecule has 0 bridgehead atoms. The van der Waals surface area contributed by atoms with E-state index in [0.717, 1.165) is 12.5 Å². The maximum atomic E-state index is 9.66. The standard InChI is InChI=1S/C17H35N3O/c1-15(2)18-17(3,14-21)8-5-9-19-10-6-12-20-11-4-7-16(20)13-19/h15-16,18,21H,4-14H2,1-3H3. The van der Waals surface area contributed by atoms with E-state index >= 15 is 0 Å². The van der Waals surface area contributed by atoms with Gasteiger partial charge in [0.1, 0.15) is 0 Å². The Morgan fingerprint density at radius 1 is 1.24 bits per heavy atom. The van der Waals surface area contributed by atoms with Crippen LogP contribution in [0.2, 0.25) is 0 Å². The zero-order valence-electron chi connectivity index (χ0n) is 14.3. The molecule has 2 fully saturated rings. The summed E-state index contributed by atoms with van der Waals surface area (Å²) < 4.78 is 0. The van der Waals surface area contributed by atoms with Crippen molar-refractivity contribution in [1.82, 2.24) is 15.1 Å². The molecule has 0 saturated carbocycles. The Balaban J connectivity index is 1.74. The molecule has 0 aliphatic carbocycles. The van der Waals surface area contributed by atoms with Crippen molar-refractivity contribution in [3.8, 4) is 0 Å². The van der Waals surface area contributed by atoms with E-state index in [1.807, 2.05) is 0 Å². The van der Waals surface area contributed by atoms with Gasteiger partial charge in [-0.15, -0.1) is 0 Å². The van der Waals surface area contributed by atoms with Crippen molar-refractivity contribution in [2.75, 3.05) is 39.3 Å². The van der Waals surface area contributed by atoms with Crippen molar-refractivity contribution >= 4 is 0 Å². The third kappa shape index (κ3) is 5.20. The minimum absolute atomic E-state index is 0.126. The van der Waals surface area contributed by atoms with E-state index in [1.165, 1.54) is 58.4 Å². The second kappa shape index (κ2) is 7.91. The van der Waals surface area contributed by atoms with Gasteiger partial charge in [0, 0.05) is 24.2 Å². The van der Waals surface area contributed by atoms with Crippen molar-refractivity contribution in [3.05, 3.63) is 0 Å². The summed E-state index contributed by atoms with van der Waals surface area (Å²) in [5.74, 6) is 0. The van der Waals surface area contributed by atoms with Crippen LogP contribution >= 0.6 is 0 Å². The molecule has 2 unspecified atom stereocenters. The minimum Gasteiger partial charge on any atom is -0.394 e. The van der Waals surface area contributed by atoms with Crippen LogP contribution in [0.25, 0.3) is 0 Å². The van der Waals surface area contributed by atoms with Gasteiger partial charge in [-0.1, -0.05) is 13.8 Å². The summed E-state index contributed by atoms with van der Waals surface area (Å²) in [5, 5.41) is 13.2. The average molecular weight is 297 g/mol. The number of aliphatic hydroxyl groups excluding tert-OH is 1. The van der Waals surface area contributed by atoms with E-state index < -0.39 is 0 Å². The molecule has 2 N–H and O–H groups in total. The van der Waals surface area contributed by atoms with Crippen LogP contribution in [0.15, 0.2) is 0 Å². The number of hydrogen-bond donors (Lipinski definition) is 2. The molecule has 0 aromatic heterocycles. The molecular formula is C17H35N3O.